The molecule has 1 rings (SSSR count). The van der Waals surface area contributed by atoms with Gasteiger partial charge in [0.25, 0.3) is 5.91 Å². The summed E-state index contributed by atoms with van der Waals surface area (Å²) in [6.07, 6.45) is 0.152. The van der Waals surface area contributed by atoms with Gasteiger partial charge in [0.2, 0.25) is 11.8 Å². The minimum atomic E-state index is -0.229. The van der Waals surface area contributed by atoms with Crippen molar-refractivity contribution in [3.8, 4) is 0 Å². The first-order chi connectivity index (χ1) is 10.3. The minimum absolute atomic E-state index is 0.0342. The average molecular weight is 370 g/mol. The van der Waals surface area contributed by atoms with Gasteiger partial charge in [-0.25, -0.2) is 0 Å². The quantitative estimate of drug-likeness (QED) is 0.816. The van der Waals surface area contributed by atoms with Gasteiger partial charge in [0.15, 0.2) is 0 Å². The Kier molecular flexibility index (Phi) is 7.04. The first-order valence-electron chi connectivity index (χ1n) is 6.79. The van der Waals surface area contributed by atoms with Gasteiger partial charge in [-0.05, 0) is 24.3 Å². The van der Waals surface area contributed by atoms with Crippen molar-refractivity contribution in [3.05, 3.63) is 34.3 Å². The second-order valence-electron chi connectivity index (χ2n) is 5.05. The zero-order chi connectivity index (χ0) is 16.7. The van der Waals surface area contributed by atoms with Crippen LogP contribution in [-0.4, -0.2) is 61.8 Å². The number of carbonyl (C=O) groups is 3. The fraction of sp³-hybridized carbons (Fsp3) is 0.400. The van der Waals surface area contributed by atoms with E-state index < -0.39 is 0 Å². The molecule has 7 heteroatoms. The lowest BCUT2D eigenvalue weighted by Gasteiger charge is -2.19. The maximum absolute atomic E-state index is 11.9. The average Bonchev–Trinajstić information content (AvgIpc) is 2.47. The van der Waals surface area contributed by atoms with Crippen LogP contribution in [0, 0.1) is 0 Å². The molecule has 1 N–H and O–H groups in total. The fourth-order valence-corrected chi connectivity index (χ4v) is 1.87. The smallest absolute Gasteiger partial charge is 0.251 e. The van der Waals surface area contributed by atoms with Gasteiger partial charge in [0.1, 0.15) is 0 Å². The van der Waals surface area contributed by atoms with Crippen molar-refractivity contribution in [2.45, 2.75) is 6.42 Å². The van der Waals surface area contributed by atoms with E-state index in [1.165, 1.54) is 9.80 Å². The third kappa shape index (κ3) is 5.85. The van der Waals surface area contributed by atoms with Crippen LogP contribution in [0.15, 0.2) is 28.7 Å². The molecule has 0 atom stereocenters. The van der Waals surface area contributed by atoms with E-state index in [4.69, 9.17) is 0 Å². The Balaban J connectivity index is 2.37. The lowest BCUT2D eigenvalue weighted by molar-refractivity contribution is -0.137. The van der Waals surface area contributed by atoms with Crippen LogP contribution in [0.2, 0.25) is 0 Å². The first kappa shape index (κ1) is 18.2. The Morgan fingerprint density at radius 1 is 1.05 bits per heavy atom. The van der Waals surface area contributed by atoms with Gasteiger partial charge in [-0.2, -0.15) is 0 Å². The minimum Gasteiger partial charge on any atom is -0.352 e. The molecule has 1 aromatic rings. The number of hydrogen-bond donors (Lipinski definition) is 1. The number of benzene rings is 1. The van der Waals surface area contributed by atoms with E-state index in [0.29, 0.717) is 5.56 Å². The van der Waals surface area contributed by atoms with E-state index in [-0.39, 0.29) is 37.2 Å². The molecule has 0 aliphatic heterocycles. The third-order valence-electron chi connectivity index (χ3n) is 3.03. The zero-order valence-corrected chi connectivity index (χ0v) is 14.5. The number of likely N-dealkylation sites (N-methyl/N-ethyl adjacent to an activating group) is 2. The van der Waals surface area contributed by atoms with Gasteiger partial charge < -0.3 is 15.1 Å². The molecule has 0 aliphatic rings. The zero-order valence-electron chi connectivity index (χ0n) is 12.9. The maximum atomic E-state index is 11.9. The van der Waals surface area contributed by atoms with Crippen molar-refractivity contribution in [1.29, 1.82) is 0 Å². The highest BCUT2D eigenvalue weighted by Gasteiger charge is 2.14. The molecular formula is C15H20BrN3O3. The fourth-order valence-electron chi connectivity index (χ4n) is 1.61. The van der Waals surface area contributed by atoms with Crippen LogP contribution >= 0.6 is 15.9 Å². The van der Waals surface area contributed by atoms with Crippen LogP contribution in [-0.2, 0) is 9.59 Å². The van der Waals surface area contributed by atoms with E-state index >= 15 is 0 Å². The summed E-state index contributed by atoms with van der Waals surface area (Å²) < 4.78 is 0.895. The molecule has 0 saturated carbocycles. The van der Waals surface area contributed by atoms with E-state index in [0.717, 1.165) is 4.47 Å². The first-order valence-corrected chi connectivity index (χ1v) is 7.58. The normalized spacial score (nSPS) is 10.0. The Hall–Kier alpha value is -1.89. The molecule has 0 aromatic heterocycles. The van der Waals surface area contributed by atoms with E-state index in [1.54, 1.807) is 45.4 Å². The van der Waals surface area contributed by atoms with Crippen molar-refractivity contribution in [1.82, 2.24) is 15.1 Å². The molecule has 0 heterocycles. The molecule has 6 nitrogen and oxygen atoms in total. The number of nitrogens with one attached hydrogen (secondary N) is 1. The number of carbonyl (C=O) groups excluding carboxylic acids is 3. The lowest BCUT2D eigenvalue weighted by Crippen LogP contribution is -2.39. The van der Waals surface area contributed by atoms with Crippen LogP contribution in [0.1, 0.15) is 16.8 Å². The van der Waals surface area contributed by atoms with Crippen LogP contribution < -0.4 is 5.32 Å². The van der Waals surface area contributed by atoms with Gasteiger partial charge >= 0.3 is 0 Å². The molecule has 0 fully saturated rings. The van der Waals surface area contributed by atoms with Crippen molar-refractivity contribution in [2.24, 2.45) is 0 Å². The summed E-state index contributed by atoms with van der Waals surface area (Å²) in [7, 11) is 4.85. The highest BCUT2D eigenvalue weighted by Crippen LogP contribution is 2.10. The predicted molar refractivity (Wildman–Crippen MR) is 87.4 cm³/mol. The lowest BCUT2D eigenvalue weighted by atomic mass is 10.2. The van der Waals surface area contributed by atoms with Crippen molar-refractivity contribution < 1.29 is 14.4 Å². The van der Waals surface area contributed by atoms with Gasteiger partial charge in [-0.1, -0.05) is 15.9 Å². The van der Waals surface area contributed by atoms with Crippen LogP contribution in [0.3, 0.4) is 0 Å². The molecule has 0 spiro atoms. The summed E-state index contributed by atoms with van der Waals surface area (Å²) in [6, 6.07) is 6.95. The molecule has 1 aromatic carbocycles. The van der Waals surface area contributed by atoms with Gasteiger partial charge in [0, 0.05) is 44.1 Å². The van der Waals surface area contributed by atoms with E-state index in [1.807, 2.05) is 0 Å². The Labute approximate surface area is 138 Å². The molecule has 0 saturated heterocycles. The van der Waals surface area contributed by atoms with Gasteiger partial charge in [-0.15, -0.1) is 0 Å². The van der Waals surface area contributed by atoms with Crippen molar-refractivity contribution >= 4 is 33.7 Å². The maximum Gasteiger partial charge on any atom is 0.251 e. The van der Waals surface area contributed by atoms with Gasteiger partial charge in [-0.3, -0.25) is 14.4 Å². The van der Waals surface area contributed by atoms with Crippen LogP contribution in [0.5, 0.6) is 0 Å². The predicted octanol–water partition coefficient (Wildman–Crippen LogP) is 1.12. The second kappa shape index (κ2) is 8.53. The van der Waals surface area contributed by atoms with Crippen LogP contribution in [0.4, 0.5) is 0 Å². The monoisotopic (exact) mass is 369 g/mol. The summed E-state index contributed by atoms with van der Waals surface area (Å²) in [4.78, 5) is 38.0. The number of amides is 3. The van der Waals surface area contributed by atoms with E-state index in [9.17, 15) is 14.4 Å². The molecule has 0 unspecified atom stereocenters. The van der Waals surface area contributed by atoms with Crippen LogP contribution in [0.25, 0.3) is 0 Å². The Morgan fingerprint density at radius 2 is 1.64 bits per heavy atom. The number of nitrogens with zero attached hydrogens (tertiary/aromatic N) is 2. The highest BCUT2D eigenvalue weighted by atomic mass is 79.9. The molecule has 0 radical (unpaired) electrons. The standard InChI is InChI=1S/C15H20BrN3O3/c1-18(2)14(21)10-19(3)13(20)8-9-17-15(22)11-4-6-12(16)7-5-11/h4-7H,8-10H2,1-3H3,(H,17,22). The molecule has 120 valence electrons. The molecule has 22 heavy (non-hydrogen) atoms. The second-order valence-corrected chi connectivity index (χ2v) is 5.97. The third-order valence-corrected chi connectivity index (χ3v) is 3.56. The molecular weight excluding hydrogens is 350 g/mol. The van der Waals surface area contributed by atoms with E-state index in [2.05, 4.69) is 21.2 Å². The number of rotatable bonds is 6. The van der Waals surface area contributed by atoms with Crippen molar-refractivity contribution in [2.75, 3.05) is 34.2 Å². The SMILES string of the molecule is CN(C)C(=O)CN(C)C(=O)CCNC(=O)c1ccc(Br)cc1. The number of hydrogen-bond acceptors (Lipinski definition) is 3. The highest BCUT2D eigenvalue weighted by molar-refractivity contribution is 9.10. The summed E-state index contributed by atoms with van der Waals surface area (Å²) in [5, 5.41) is 2.68. The summed E-state index contributed by atoms with van der Waals surface area (Å²) in [5.74, 6) is -0.562. The molecule has 0 bridgehead atoms. The molecule has 0 aliphatic carbocycles. The van der Waals surface area contributed by atoms with Gasteiger partial charge in [0.05, 0.1) is 6.54 Å². The topological polar surface area (TPSA) is 69.7 Å². The number of halogens is 1. The summed E-state index contributed by atoms with van der Waals surface area (Å²) in [6.45, 7) is 0.265. The summed E-state index contributed by atoms with van der Waals surface area (Å²) in [5.41, 5.74) is 0.534. The molecule has 3 amide bonds. The Morgan fingerprint density at radius 3 is 2.18 bits per heavy atom. The van der Waals surface area contributed by atoms with Crippen molar-refractivity contribution in [3.63, 3.8) is 0 Å². The Bertz CT molecular complexity index is 543. The summed E-state index contributed by atoms with van der Waals surface area (Å²) >= 11 is 3.30. The largest absolute Gasteiger partial charge is 0.352 e.